The van der Waals surface area contributed by atoms with E-state index in [1.165, 1.54) is 23.0 Å². The van der Waals surface area contributed by atoms with E-state index < -0.39 is 17.4 Å². The monoisotopic (exact) mass is 565 g/mol. The number of azo groups is 1. The van der Waals surface area contributed by atoms with E-state index in [1.54, 1.807) is 18.5 Å². The van der Waals surface area contributed by atoms with Gasteiger partial charge >= 0.3 is 24.4 Å². The van der Waals surface area contributed by atoms with Crippen LogP contribution in [0.5, 0.6) is 0 Å². The third-order valence-corrected chi connectivity index (χ3v) is 8.21. The molecule has 3 aliphatic rings. The van der Waals surface area contributed by atoms with Crippen LogP contribution < -0.4 is 5.69 Å². The lowest BCUT2D eigenvalue weighted by atomic mass is 9.71. The van der Waals surface area contributed by atoms with E-state index in [0.29, 0.717) is 36.5 Å². The number of ether oxygens (including phenoxy) is 1. The van der Waals surface area contributed by atoms with E-state index >= 15 is 0 Å². The number of nitrogens with zero attached hydrogens (tertiary/aromatic N) is 7. The van der Waals surface area contributed by atoms with Crippen LogP contribution >= 0.6 is 0 Å². The van der Waals surface area contributed by atoms with Crippen molar-refractivity contribution in [2.45, 2.75) is 50.9 Å². The first kappa shape index (κ1) is 27.4. The Bertz CT molecular complexity index is 1640. The highest BCUT2D eigenvalue weighted by Crippen LogP contribution is 2.46. The van der Waals surface area contributed by atoms with Crippen LogP contribution in [0.3, 0.4) is 0 Å². The summed E-state index contributed by atoms with van der Waals surface area (Å²) >= 11 is 0. The lowest BCUT2D eigenvalue weighted by molar-refractivity contribution is -0.480. The highest BCUT2D eigenvalue weighted by atomic mass is 19.4. The van der Waals surface area contributed by atoms with Crippen molar-refractivity contribution >= 4 is 11.9 Å². The van der Waals surface area contributed by atoms with E-state index in [-0.39, 0.29) is 30.0 Å². The first-order valence-corrected chi connectivity index (χ1v) is 13.7. The predicted octanol–water partition coefficient (Wildman–Crippen LogP) is 4.71. The van der Waals surface area contributed by atoms with Gasteiger partial charge in [0.2, 0.25) is 0 Å². The highest BCUT2D eigenvalue weighted by molar-refractivity contribution is 5.59. The molecule has 0 unspecified atom stereocenters. The number of imidazole rings is 1. The van der Waals surface area contributed by atoms with Crippen molar-refractivity contribution in [1.29, 1.82) is 5.26 Å². The molecule has 4 heterocycles. The fraction of sp³-hybridized carbons (Fsp3) is 0.448. The van der Waals surface area contributed by atoms with Crippen LogP contribution in [0, 0.1) is 23.4 Å². The van der Waals surface area contributed by atoms with E-state index in [0.717, 1.165) is 41.5 Å². The molecule has 12 heteroatoms. The minimum absolute atomic E-state index is 0.0229. The van der Waals surface area contributed by atoms with Gasteiger partial charge in [-0.2, -0.15) is 18.4 Å². The summed E-state index contributed by atoms with van der Waals surface area (Å²) in [5.74, 6) is 0.121. The van der Waals surface area contributed by atoms with Gasteiger partial charge in [-0.15, -0.1) is 0 Å². The fourth-order valence-electron chi connectivity index (χ4n) is 6.03. The van der Waals surface area contributed by atoms with Gasteiger partial charge in [0.25, 0.3) is 0 Å². The number of likely N-dealkylation sites (N-methyl/N-ethyl adjacent to an activating group) is 1. The molecule has 3 aromatic rings. The Kier molecular flexibility index (Phi) is 7.03. The number of hydrogen-bond acceptors (Lipinski definition) is 6. The number of alkyl halides is 3. The zero-order valence-electron chi connectivity index (χ0n) is 22.8. The second kappa shape index (κ2) is 10.5. The molecule has 1 radical (unpaired) electrons. The van der Waals surface area contributed by atoms with Crippen LogP contribution in [-0.4, -0.2) is 57.6 Å². The molecule has 1 saturated carbocycles. The Morgan fingerprint density at radius 1 is 1.22 bits per heavy atom. The van der Waals surface area contributed by atoms with Crippen LogP contribution in [0.1, 0.15) is 54.4 Å². The summed E-state index contributed by atoms with van der Waals surface area (Å²) in [5, 5.41) is 18.2. The van der Waals surface area contributed by atoms with Crippen LogP contribution in [-0.2, 0) is 17.5 Å². The normalized spacial score (nSPS) is 21.2. The molecule has 2 fully saturated rings. The standard InChI is InChI=1S/C29H30F3N7O2/c1-18-13-37(6-7-41-18)14-20-10-24(29(30,31)32)25-16-38(28(40)39(25)15-20)23-9-19(12-33)8-22(11-23)26(21-4-3-5-21)27-35-34-17-36(27)2/h8-11,15-18,21,26H,3-7,13-14H2,1-2H3/q+1/t18-,26-/m1/s1. The average molecular weight is 566 g/mol. The van der Waals surface area contributed by atoms with Crippen LogP contribution in [0.2, 0.25) is 0 Å². The number of morpholine rings is 1. The van der Waals surface area contributed by atoms with E-state index in [9.17, 15) is 23.2 Å². The van der Waals surface area contributed by atoms with E-state index in [2.05, 4.69) is 16.3 Å². The van der Waals surface area contributed by atoms with Crippen molar-refractivity contribution in [1.82, 2.24) is 13.9 Å². The molecule has 2 aliphatic heterocycles. The number of aromatic nitrogens is 2. The van der Waals surface area contributed by atoms with Gasteiger partial charge in [-0.1, -0.05) is 6.42 Å². The maximum atomic E-state index is 14.3. The summed E-state index contributed by atoms with van der Waals surface area (Å²) in [5.41, 5.74) is 0.0465. The number of pyridine rings is 1. The Morgan fingerprint density at radius 2 is 2.02 bits per heavy atom. The molecular weight excluding hydrogens is 535 g/mol. The molecule has 0 bridgehead atoms. The fourth-order valence-corrected chi connectivity index (χ4v) is 6.03. The molecule has 2 aromatic heterocycles. The Balaban J connectivity index is 1.46. The molecule has 213 valence electrons. The topological polar surface area (TPSA) is 90.4 Å². The number of hydrogen-bond donors (Lipinski definition) is 0. The molecule has 1 aromatic carbocycles. The average Bonchev–Trinajstić information content (AvgIpc) is 3.47. The molecule has 1 aliphatic carbocycles. The molecular formula is C29H30F3N7O2+. The third kappa shape index (κ3) is 5.20. The van der Waals surface area contributed by atoms with Crippen molar-refractivity contribution in [2.24, 2.45) is 16.1 Å². The van der Waals surface area contributed by atoms with Crippen molar-refractivity contribution in [3.63, 3.8) is 0 Å². The van der Waals surface area contributed by atoms with Crippen molar-refractivity contribution in [2.75, 3.05) is 26.7 Å². The van der Waals surface area contributed by atoms with Gasteiger partial charge in [-0.25, -0.2) is 9.37 Å². The first-order valence-electron chi connectivity index (χ1n) is 13.7. The van der Waals surface area contributed by atoms with Gasteiger partial charge in [0.05, 0.1) is 59.2 Å². The predicted molar refractivity (Wildman–Crippen MR) is 144 cm³/mol. The van der Waals surface area contributed by atoms with Crippen LogP contribution in [0.4, 0.5) is 13.2 Å². The van der Waals surface area contributed by atoms with Gasteiger partial charge in [0.15, 0.2) is 0 Å². The SMILES string of the molecule is C[C@@H]1CN(Cc2cc(C(F)(F)F)c3cn(-c4cc(C#N)cc([C@H]([C]5N=NC=[N+]5C)C5CCC5)c4)c(=O)n3c2)CCO1. The summed E-state index contributed by atoms with van der Waals surface area (Å²) in [4.78, 5) is 15.7. The maximum absolute atomic E-state index is 14.3. The lowest BCUT2D eigenvalue weighted by Crippen LogP contribution is -2.40. The molecule has 6 rings (SSSR count). The minimum atomic E-state index is -4.67. The Labute approximate surface area is 234 Å². The molecule has 41 heavy (non-hydrogen) atoms. The van der Waals surface area contributed by atoms with Gasteiger partial charge in [0, 0.05) is 32.0 Å². The second-order valence-corrected chi connectivity index (χ2v) is 11.1. The third-order valence-electron chi connectivity index (χ3n) is 8.21. The maximum Gasteiger partial charge on any atom is 0.418 e. The molecule has 1 saturated heterocycles. The number of benzene rings is 1. The molecule has 2 atom stereocenters. The number of rotatable bonds is 6. The Morgan fingerprint density at radius 3 is 2.66 bits per heavy atom. The lowest BCUT2D eigenvalue weighted by Gasteiger charge is -2.34. The van der Waals surface area contributed by atoms with Gasteiger partial charge in [-0.3, -0.25) is 13.9 Å². The second-order valence-electron chi connectivity index (χ2n) is 11.1. The number of fused-ring (bicyclic) bond motifs is 1. The molecule has 0 N–H and O–H groups in total. The zero-order valence-corrected chi connectivity index (χ0v) is 22.8. The van der Waals surface area contributed by atoms with Gasteiger partial charge in [-0.05, 0) is 66.2 Å². The van der Waals surface area contributed by atoms with E-state index in [1.807, 2.05) is 23.4 Å². The highest BCUT2D eigenvalue weighted by Gasteiger charge is 2.42. The molecule has 9 nitrogen and oxygen atoms in total. The number of nitriles is 1. The van der Waals surface area contributed by atoms with Gasteiger partial charge < -0.3 is 4.74 Å². The first-order chi connectivity index (χ1) is 19.6. The summed E-state index contributed by atoms with van der Waals surface area (Å²) < 4.78 is 52.5. The Hall–Kier alpha value is -3.82. The summed E-state index contributed by atoms with van der Waals surface area (Å²) in [6, 6.07) is 8.35. The summed E-state index contributed by atoms with van der Waals surface area (Å²) in [7, 11) is 1.86. The zero-order chi connectivity index (χ0) is 28.9. The van der Waals surface area contributed by atoms with Crippen LogP contribution in [0.25, 0.3) is 11.2 Å². The van der Waals surface area contributed by atoms with Crippen molar-refractivity contribution < 1.29 is 22.5 Å². The molecule has 0 amide bonds. The summed E-state index contributed by atoms with van der Waals surface area (Å²) in [6.07, 6.45) is 3.42. The molecule has 0 spiro atoms. The summed E-state index contributed by atoms with van der Waals surface area (Å²) in [6.45, 7) is 3.87. The minimum Gasteiger partial charge on any atom is -0.376 e. The van der Waals surface area contributed by atoms with Crippen LogP contribution in [0.15, 0.2) is 51.7 Å². The number of halogens is 3. The van der Waals surface area contributed by atoms with Crippen molar-refractivity contribution in [3.05, 3.63) is 75.6 Å². The van der Waals surface area contributed by atoms with Gasteiger partial charge in [0.1, 0.15) is 0 Å². The smallest absolute Gasteiger partial charge is 0.376 e. The van der Waals surface area contributed by atoms with Crippen molar-refractivity contribution in [3.8, 4) is 11.8 Å². The quantitative estimate of drug-likeness (QED) is 0.405. The van der Waals surface area contributed by atoms with E-state index in [4.69, 9.17) is 4.74 Å². The largest absolute Gasteiger partial charge is 0.418 e.